The number of aromatic nitrogens is 1. The molecule has 1 aromatic heterocycles. The Bertz CT molecular complexity index is 1180. The molecular weight excluding hydrogens is 406 g/mol. The minimum absolute atomic E-state index is 0.543. The van der Waals surface area contributed by atoms with Gasteiger partial charge in [0.2, 0.25) is 0 Å². The molecule has 1 aliphatic rings. The normalized spacial score (nSPS) is 14.5. The molecule has 0 saturated carbocycles. The Morgan fingerprint density at radius 1 is 1.19 bits per heavy atom. The molecule has 0 amide bonds. The molecule has 0 bridgehead atoms. The van der Waals surface area contributed by atoms with Gasteiger partial charge in [0.15, 0.2) is 6.10 Å². The van der Waals surface area contributed by atoms with E-state index in [0.29, 0.717) is 23.6 Å². The van der Waals surface area contributed by atoms with Gasteiger partial charge in [0, 0.05) is 33.3 Å². The monoisotopic (exact) mass is 435 g/mol. The van der Waals surface area contributed by atoms with E-state index in [0.717, 1.165) is 46.2 Å². The maximum Gasteiger partial charge on any atom is 0.337 e. The van der Waals surface area contributed by atoms with Gasteiger partial charge in [-0.1, -0.05) is 18.2 Å². The number of hydrogen-bond donors (Lipinski definition) is 1. The summed E-state index contributed by atoms with van der Waals surface area (Å²) in [5.41, 5.74) is 3.88. The number of hydrogen-bond acceptors (Lipinski definition) is 5. The average molecular weight is 436 g/mol. The van der Waals surface area contributed by atoms with Crippen molar-refractivity contribution in [3.8, 4) is 22.6 Å². The number of fused-ring (bicyclic) bond motifs is 2. The second kappa shape index (κ2) is 8.43. The molecule has 6 heteroatoms. The maximum absolute atomic E-state index is 12.4. The van der Waals surface area contributed by atoms with Crippen molar-refractivity contribution in [3.63, 3.8) is 0 Å². The first kappa shape index (κ1) is 22.1. The van der Waals surface area contributed by atoms with Gasteiger partial charge in [-0.2, -0.15) is 0 Å². The summed E-state index contributed by atoms with van der Waals surface area (Å²) in [4.78, 5) is 17.2. The molecular formula is C26H29NO5. The summed E-state index contributed by atoms with van der Waals surface area (Å²) < 4.78 is 17.8. The van der Waals surface area contributed by atoms with Crippen molar-refractivity contribution in [2.45, 2.75) is 52.2 Å². The first-order valence-corrected chi connectivity index (χ1v) is 10.8. The molecule has 0 aliphatic carbocycles. The van der Waals surface area contributed by atoms with E-state index in [1.807, 2.05) is 64.1 Å². The van der Waals surface area contributed by atoms with E-state index in [1.54, 1.807) is 7.11 Å². The Balaban J connectivity index is 2.09. The fourth-order valence-electron chi connectivity index (χ4n) is 4.39. The zero-order chi connectivity index (χ0) is 23.0. The van der Waals surface area contributed by atoms with Crippen LogP contribution in [0.4, 0.5) is 0 Å². The molecule has 0 radical (unpaired) electrons. The van der Waals surface area contributed by atoms with E-state index in [-0.39, 0.29) is 0 Å². The molecule has 0 spiro atoms. The molecule has 0 unspecified atom stereocenters. The molecule has 1 atom stereocenters. The second-order valence-corrected chi connectivity index (χ2v) is 9.03. The van der Waals surface area contributed by atoms with Gasteiger partial charge in [-0.3, -0.25) is 4.98 Å². The van der Waals surface area contributed by atoms with Crippen LogP contribution in [0.3, 0.4) is 0 Å². The van der Waals surface area contributed by atoms with E-state index < -0.39 is 17.7 Å². The first-order valence-electron chi connectivity index (χ1n) is 10.8. The predicted molar refractivity (Wildman–Crippen MR) is 123 cm³/mol. The first-order chi connectivity index (χ1) is 15.2. The van der Waals surface area contributed by atoms with Crippen LogP contribution in [-0.4, -0.2) is 35.4 Å². The lowest BCUT2D eigenvalue weighted by Gasteiger charge is -2.29. The van der Waals surface area contributed by atoms with Gasteiger partial charge in [-0.05, 0) is 58.7 Å². The number of carbonyl (C=O) groups is 1. The summed E-state index contributed by atoms with van der Waals surface area (Å²) in [7, 11) is 1.64. The van der Waals surface area contributed by atoms with Crippen LogP contribution in [0.5, 0.6) is 11.5 Å². The topological polar surface area (TPSA) is 77.9 Å². The number of benzene rings is 2. The SMILES string of the molecule is COc1c(-c2c([C@H](OC(C)(C)C)C(=O)O)c(C)nc3ccccc23)ccc2c1CCCO2. The number of para-hydroxylation sites is 1. The van der Waals surface area contributed by atoms with Crippen molar-refractivity contribution in [2.75, 3.05) is 13.7 Å². The lowest BCUT2D eigenvalue weighted by atomic mass is 9.88. The molecule has 0 fully saturated rings. The van der Waals surface area contributed by atoms with Crippen molar-refractivity contribution < 1.29 is 24.1 Å². The number of pyridine rings is 1. The van der Waals surface area contributed by atoms with E-state index in [4.69, 9.17) is 19.2 Å². The Kier molecular flexibility index (Phi) is 5.82. The molecule has 1 aliphatic heterocycles. The second-order valence-electron chi connectivity index (χ2n) is 9.03. The largest absolute Gasteiger partial charge is 0.496 e. The molecule has 3 aromatic rings. The summed E-state index contributed by atoms with van der Waals surface area (Å²) in [6, 6.07) is 11.7. The van der Waals surface area contributed by atoms with Gasteiger partial charge in [0.1, 0.15) is 11.5 Å². The molecule has 6 nitrogen and oxygen atoms in total. The van der Waals surface area contributed by atoms with Crippen molar-refractivity contribution in [2.24, 2.45) is 0 Å². The summed E-state index contributed by atoms with van der Waals surface area (Å²) >= 11 is 0. The highest BCUT2D eigenvalue weighted by Gasteiger charge is 2.33. The zero-order valence-corrected chi connectivity index (χ0v) is 19.2. The van der Waals surface area contributed by atoms with Gasteiger partial charge in [0.25, 0.3) is 0 Å². The number of aliphatic carboxylic acids is 1. The quantitative estimate of drug-likeness (QED) is 0.571. The Morgan fingerprint density at radius 2 is 1.94 bits per heavy atom. The molecule has 0 saturated heterocycles. The lowest BCUT2D eigenvalue weighted by molar-refractivity contribution is -0.160. The maximum atomic E-state index is 12.4. The van der Waals surface area contributed by atoms with E-state index in [9.17, 15) is 9.90 Å². The number of rotatable bonds is 5. The third kappa shape index (κ3) is 4.02. The van der Waals surface area contributed by atoms with Crippen LogP contribution in [0.2, 0.25) is 0 Å². The van der Waals surface area contributed by atoms with Crippen LogP contribution >= 0.6 is 0 Å². The van der Waals surface area contributed by atoms with E-state index in [2.05, 4.69) is 0 Å². The number of carboxylic acids is 1. The third-order valence-corrected chi connectivity index (χ3v) is 5.60. The lowest BCUT2D eigenvalue weighted by Crippen LogP contribution is -2.28. The predicted octanol–water partition coefficient (Wildman–Crippen LogP) is 5.48. The standard InChI is InChI=1S/C26H29NO5/c1-15-21(24(25(28)29)32-26(2,3)4)22(16-9-6-7-11-19(16)27-15)18-12-13-20-17(23(18)30-5)10-8-14-31-20/h6-7,9,11-13,24H,8,10,14H2,1-5H3,(H,28,29)/t24-/m0/s1. The van der Waals surface area contributed by atoms with Crippen LogP contribution in [0.1, 0.15) is 50.1 Å². The van der Waals surface area contributed by atoms with E-state index >= 15 is 0 Å². The van der Waals surface area contributed by atoms with Gasteiger partial charge in [0.05, 0.1) is 24.8 Å². The van der Waals surface area contributed by atoms with E-state index in [1.165, 1.54) is 0 Å². The highest BCUT2D eigenvalue weighted by atomic mass is 16.5. The number of aryl methyl sites for hydroxylation is 1. The Morgan fingerprint density at radius 3 is 2.62 bits per heavy atom. The molecule has 4 rings (SSSR count). The third-order valence-electron chi connectivity index (χ3n) is 5.60. The number of carboxylic acid groups (broad SMARTS) is 1. The van der Waals surface area contributed by atoms with Crippen molar-refractivity contribution in [1.29, 1.82) is 0 Å². The minimum atomic E-state index is -1.18. The van der Waals surface area contributed by atoms with Gasteiger partial charge < -0.3 is 19.3 Å². The average Bonchev–Trinajstić information content (AvgIpc) is 2.75. The molecule has 2 heterocycles. The van der Waals surface area contributed by atoms with Gasteiger partial charge >= 0.3 is 5.97 Å². The molecule has 1 N–H and O–H groups in total. The Labute approximate surface area is 188 Å². The summed E-state index contributed by atoms with van der Waals surface area (Å²) in [6.45, 7) is 8.06. The van der Waals surface area contributed by atoms with Crippen molar-refractivity contribution in [1.82, 2.24) is 4.98 Å². The smallest absolute Gasteiger partial charge is 0.337 e. The number of nitrogens with zero attached hydrogens (tertiary/aromatic N) is 1. The van der Waals surface area contributed by atoms with Gasteiger partial charge in [-0.25, -0.2) is 4.79 Å². The van der Waals surface area contributed by atoms with Crippen LogP contribution in [0, 0.1) is 6.92 Å². The molecule has 32 heavy (non-hydrogen) atoms. The number of methoxy groups -OCH3 is 1. The fourth-order valence-corrected chi connectivity index (χ4v) is 4.39. The minimum Gasteiger partial charge on any atom is -0.496 e. The number of ether oxygens (including phenoxy) is 3. The van der Waals surface area contributed by atoms with Crippen LogP contribution in [-0.2, 0) is 16.0 Å². The highest BCUT2D eigenvalue weighted by Crippen LogP contribution is 2.46. The van der Waals surface area contributed by atoms with Crippen molar-refractivity contribution in [3.05, 3.63) is 53.2 Å². The molecule has 168 valence electrons. The fraction of sp³-hybridized carbons (Fsp3) is 0.385. The van der Waals surface area contributed by atoms with Crippen molar-refractivity contribution >= 4 is 16.9 Å². The summed E-state index contributed by atoms with van der Waals surface area (Å²) in [5, 5.41) is 11.0. The summed E-state index contributed by atoms with van der Waals surface area (Å²) in [5.74, 6) is 0.468. The zero-order valence-electron chi connectivity index (χ0n) is 19.2. The highest BCUT2D eigenvalue weighted by molar-refractivity contribution is 6.00. The molecule has 2 aromatic carbocycles. The van der Waals surface area contributed by atoms with Gasteiger partial charge in [-0.15, -0.1) is 0 Å². The summed E-state index contributed by atoms with van der Waals surface area (Å²) in [6.07, 6.45) is 0.560. The van der Waals surface area contributed by atoms with Crippen LogP contribution in [0.15, 0.2) is 36.4 Å². The van der Waals surface area contributed by atoms with Crippen LogP contribution in [0.25, 0.3) is 22.0 Å². The van der Waals surface area contributed by atoms with Crippen LogP contribution < -0.4 is 9.47 Å². The Hall–Kier alpha value is -3.12.